The van der Waals surface area contributed by atoms with Crippen LogP contribution in [0.1, 0.15) is 11.1 Å². The van der Waals surface area contributed by atoms with Gasteiger partial charge in [0.2, 0.25) is 5.41 Å². The van der Waals surface area contributed by atoms with Gasteiger partial charge in [-0.3, -0.25) is 9.11 Å². The Kier molecular flexibility index (Phi) is 5.95. The summed E-state index contributed by atoms with van der Waals surface area (Å²) in [4.78, 5) is -3.86. The maximum Gasteiger partial charge on any atom is 0.411 e. The molecule has 0 spiro atoms. The van der Waals surface area contributed by atoms with Crippen molar-refractivity contribution in [3.8, 4) is 0 Å². The molecule has 31 heavy (non-hydrogen) atoms. The second-order valence-electron chi connectivity index (χ2n) is 5.99. The van der Waals surface area contributed by atoms with Crippen LogP contribution in [0.3, 0.4) is 0 Å². The highest BCUT2D eigenvalue weighted by Gasteiger charge is 2.72. The second-order valence-corrected chi connectivity index (χ2v) is 8.77. The highest BCUT2D eigenvalue weighted by atomic mass is 32.2. The van der Waals surface area contributed by atoms with Gasteiger partial charge in [-0.05, 0) is 35.4 Å². The summed E-state index contributed by atoms with van der Waals surface area (Å²) in [6, 6.07) is -1.27. The molecule has 0 fully saturated rings. The van der Waals surface area contributed by atoms with Crippen molar-refractivity contribution < 1.29 is 61.1 Å². The first kappa shape index (κ1) is 25.0. The van der Waals surface area contributed by atoms with Crippen LogP contribution >= 0.6 is 0 Å². The zero-order valence-corrected chi connectivity index (χ0v) is 16.0. The minimum absolute atomic E-state index is 0.0958. The molecule has 0 bridgehead atoms. The van der Waals surface area contributed by atoms with Gasteiger partial charge in [0.25, 0.3) is 20.2 Å². The summed E-state index contributed by atoms with van der Waals surface area (Å²) < 4.78 is 174. The molecule has 172 valence electrons. The Morgan fingerprint density at radius 2 is 0.903 bits per heavy atom. The molecule has 0 unspecified atom stereocenters. The van der Waals surface area contributed by atoms with Crippen molar-refractivity contribution in [1.29, 1.82) is 0 Å². The summed E-state index contributed by atoms with van der Waals surface area (Å²) in [5, 5.41) is 0. The highest BCUT2D eigenvalue weighted by molar-refractivity contribution is 7.86. The topological polar surface area (TPSA) is 109 Å². The zero-order chi connectivity index (χ0) is 24.2. The van der Waals surface area contributed by atoms with E-state index in [4.69, 9.17) is 9.11 Å². The first-order chi connectivity index (χ1) is 13.7. The predicted molar refractivity (Wildman–Crippen MR) is 85.3 cm³/mol. The van der Waals surface area contributed by atoms with Crippen LogP contribution in [-0.4, -0.2) is 38.3 Å². The maximum atomic E-state index is 14.0. The van der Waals surface area contributed by atoms with E-state index in [9.17, 15) is 52.0 Å². The summed E-state index contributed by atoms with van der Waals surface area (Å²) in [5.41, 5.74) is -9.20. The van der Waals surface area contributed by atoms with Crippen LogP contribution in [0.2, 0.25) is 0 Å². The van der Waals surface area contributed by atoms with E-state index in [2.05, 4.69) is 0 Å². The average molecular weight is 500 g/mol. The number of hydrogen-bond donors (Lipinski definition) is 2. The van der Waals surface area contributed by atoms with Gasteiger partial charge in [-0.2, -0.15) is 43.2 Å². The molecular weight excluding hydrogens is 492 g/mol. The molecular formula is C15H8F8O6S2. The van der Waals surface area contributed by atoms with Crippen LogP contribution in [-0.2, 0) is 25.7 Å². The Labute approximate surface area is 168 Å². The van der Waals surface area contributed by atoms with Crippen molar-refractivity contribution in [2.24, 2.45) is 0 Å². The SMILES string of the molecule is O=S(=O)(O)c1cc(C(c2ccc(F)c(S(=O)(=O)O)c2)(C(F)(F)F)C(F)(F)F)ccc1F. The number of alkyl halides is 6. The molecule has 0 saturated heterocycles. The van der Waals surface area contributed by atoms with E-state index in [1.165, 1.54) is 0 Å². The van der Waals surface area contributed by atoms with Gasteiger partial charge in [-0.1, -0.05) is 12.1 Å². The Hall–Kier alpha value is -2.30. The second kappa shape index (κ2) is 7.39. The normalized spacial score (nSPS) is 14.0. The Bertz CT molecular complexity index is 1140. The van der Waals surface area contributed by atoms with Crippen LogP contribution in [0.5, 0.6) is 0 Å². The van der Waals surface area contributed by atoms with E-state index in [1.54, 1.807) is 0 Å². The first-order valence-electron chi connectivity index (χ1n) is 7.43. The number of rotatable bonds is 4. The van der Waals surface area contributed by atoms with Crippen LogP contribution < -0.4 is 0 Å². The molecule has 0 saturated carbocycles. The predicted octanol–water partition coefficient (Wildman–Crippen LogP) is 3.87. The van der Waals surface area contributed by atoms with E-state index in [-0.39, 0.29) is 24.3 Å². The van der Waals surface area contributed by atoms with Gasteiger partial charge in [-0.25, -0.2) is 8.78 Å². The molecule has 16 heteroatoms. The minimum atomic E-state index is -6.39. The third kappa shape index (κ3) is 4.24. The number of halogens is 8. The maximum absolute atomic E-state index is 14.0. The van der Waals surface area contributed by atoms with Crippen molar-refractivity contribution in [2.75, 3.05) is 0 Å². The van der Waals surface area contributed by atoms with Gasteiger partial charge < -0.3 is 0 Å². The van der Waals surface area contributed by atoms with E-state index in [0.717, 1.165) is 0 Å². The molecule has 0 radical (unpaired) electrons. The summed E-state index contributed by atoms with van der Waals surface area (Å²) in [5.74, 6) is -3.77. The van der Waals surface area contributed by atoms with Gasteiger partial charge in [0, 0.05) is 0 Å². The number of hydrogen-bond acceptors (Lipinski definition) is 4. The third-order valence-corrected chi connectivity index (χ3v) is 5.87. The van der Waals surface area contributed by atoms with Crippen molar-refractivity contribution in [3.05, 3.63) is 59.2 Å². The van der Waals surface area contributed by atoms with Crippen LogP contribution in [0, 0.1) is 11.6 Å². The molecule has 0 aliphatic heterocycles. The van der Waals surface area contributed by atoms with Crippen molar-refractivity contribution in [3.63, 3.8) is 0 Å². The van der Waals surface area contributed by atoms with Gasteiger partial charge in [0.1, 0.15) is 21.4 Å². The fourth-order valence-electron chi connectivity index (χ4n) is 2.85. The number of benzene rings is 2. The molecule has 2 rings (SSSR count). The lowest BCUT2D eigenvalue weighted by Gasteiger charge is -2.38. The third-order valence-electron chi connectivity index (χ3n) is 4.13. The molecule has 6 nitrogen and oxygen atoms in total. The Morgan fingerprint density at radius 3 is 1.13 bits per heavy atom. The first-order valence-corrected chi connectivity index (χ1v) is 10.3. The lowest BCUT2D eigenvalue weighted by molar-refractivity contribution is -0.288. The molecule has 2 aromatic carbocycles. The van der Waals surface area contributed by atoms with Crippen molar-refractivity contribution >= 4 is 20.2 Å². The monoisotopic (exact) mass is 500 g/mol. The van der Waals surface area contributed by atoms with Crippen LogP contribution in [0.15, 0.2) is 46.2 Å². The molecule has 0 atom stereocenters. The molecule has 0 aliphatic rings. The summed E-state index contributed by atoms with van der Waals surface area (Å²) in [7, 11) is -11.3. The lowest BCUT2D eigenvalue weighted by atomic mass is 9.73. The molecule has 2 aromatic rings. The van der Waals surface area contributed by atoms with E-state index in [0.29, 0.717) is 0 Å². The van der Waals surface area contributed by atoms with Gasteiger partial charge in [-0.15, -0.1) is 0 Å². The molecule has 0 aliphatic carbocycles. The van der Waals surface area contributed by atoms with Crippen LogP contribution in [0.25, 0.3) is 0 Å². The Morgan fingerprint density at radius 1 is 0.613 bits per heavy atom. The summed E-state index contributed by atoms with van der Waals surface area (Å²) in [6.07, 6.45) is -12.8. The lowest BCUT2D eigenvalue weighted by Crippen LogP contribution is -2.55. The van der Waals surface area contributed by atoms with E-state index < -0.39 is 82.7 Å². The van der Waals surface area contributed by atoms with E-state index in [1.807, 2.05) is 0 Å². The van der Waals surface area contributed by atoms with Gasteiger partial charge >= 0.3 is 12.4 Å². The molecule has 0 amide bonds. The summed E-state index contributed by atoms with van der Waals surface area (Å²) >= 11 is 0. The van der Waals surface area contributed by atoms with Crippen LogP contribution in [0.4, 0.5) is 35.1 Å². The van der Waals surface area contributed by atoms with Crippen molar-refractivity contribution in [2.45, 2.75) is 27.6 Å². The standard InChI is InChI=1S/C15H8F8O6S2/c16-9-3-1-7(5-11(9)30(24,25)26)13(14(18,19)20,15(21,22)23)8-2-4-10(17)12(6-8)31(27,28)29/h1-6H,(H,24,25,26)(H,27,28,29). The van der Waals surface area contributed by atoms with Crippen molar-refractivity contribution in [1.82, 2.24) is 0 Å². The van der Waals surface area contributed by atoms with Gasteiger partial charge in [0.15, 0.2) is 0 Å². The average Bonchev–Trinajstić information content (AvgIpc) is 2.53. The minimum Gasteiger partial charge on any atom is -0.282 e. The van der Waals surface area contributed by atoms with Gasteiger partial charge in [0.05, 0.1) is 0 Å². The zero-order valence-electron chi connectivity index (χ0n) is 14.3. The van der Waals surface area contributed by atoms with E-state index >= 15 is 0 Å². The quantitative estimate of drug-likeness (QED) is 0.488. The smallest absolute Gasteiger partial charge is 0.282 e. The highest BCUT2D eigenvalue weighted by Crippen LogP contribution is 2.56. The summed E-state index contributed by atoms with van der Waals surface area (Å²) in [6.45, 7) is 0. The largest absolute Gasteiger partial charge is 0.411 e. The fraction of sp³-hybridized carbons (Fsp3) is 0.200. The Balaban J connectivity index is 3.13. The molecule has 2 N–H and O–H groups in total. The fourth-order valence-corrected chi connectivity index (χ4v) is 4.03. The molecule has 0 heterocycles. The molecule has 0 aromatic heterocycles.